The van der Waals surface area contributed by atoms with E-state index >= 15 is 0 Å². The highest BCUT2D eigenvalue weighted by molar-refractivity contribution is 5.84. The number of hydrogen-bond acceptors (Lipinski definition) is 5. The lowest BCUT2D eigenvalue weighted by Crippen LogP contribution is -2.41. The van der Waals surface area contributed by atoms with Gasteiger partial charge in [-0.2, -0.15) is 22.9 Å². The zero-order chi connectivity index (χ0) is 82.7. The van der Waals surface area contributed by atoms with Gasteiger partial charge in [0, 0.05) is 96.0 Å². The third-order valence-electron chi connectivity index (χ3n) is 19.8. The molecule has 5 heterocycles. The molecule has 10 heteroatoms. The summed E-state index contributed by atoms with van der Waals surface area (Å²) in [5, 5.41) is 0. The molecule has 0 bridgehead atoms. The molecule has 11 aromatic carbocycles. The van der Waals surface area contributed by atoms with E-state index in [-0.39, 0.29) is 31.1 Å². The maximum Gasteiger partial charge on any atom is 0.299 e. The molecule has 11 aromatic rings. The third-order valence-corrected chi connectivity index (χ3v) is 19.8. The predicted octanol–water partition coefficient (Wildman–Crippen LogP) is 26.8. The van der Waals surface area contributed by atoms with E-state index in [2.05, 4.69) is 322 Å². The number of unbranched alkanes of at least 4 members (excludes halogenated alkanes) is 2. The van der Waals surface area contributed by atoms with Gasteiger partial charge in [0.15, 0.2) is 37.1 Å². The maximum absolute atomic E-state index is 6.02. The molecule has 10 nitrogen and oxygen atoms in total. The van der Waals surface area contributed by atoms with E-state index in [1.54, 1.807) is 0 Å². The number of nitrogens with zero attached hydrogens (tertiary/aromatic N) is 5. The van der Waals surface area contributed by atoms with Crippen molar-refractivity contribution in [2.24, 2.45) is 5.92 Å². The third kappa shape index (κ3) is 29.2. The highest BCUT2D eigenvalue weighted by Crippen LogP contribution is 2.32. The molecule has 5 unspecified atom stereocenters. The van der Waals surface area contributed by atoms with Crippen molar-refractivity contribution >= 4 is 53.8 Å². The van der Waals surface area contributed by atoms with Gasteiger partial charge in [-0.05, 0) is 110 Å². The number of benzene rings is 11. The molecule has 606 valence electrons. The molecule has 6 aliphatic rings. The smallest absolute Gasteiger partial charge is 0.299 e. The van der Waals surface area contributed by atoms with Crippen LogP contribution in [0.5, 0.6) is 28.7 Å². The second-order valence-corrected chi connectivity index (χ2v) is 30.3. The summed E-state index contributed by atoms with van der Waals surface area (Å²) in [5.41, 5.74) is 14.4. The van der Waals surface area contributed by atoms with Crippen molar-refractivity contribution in [3.05, 3.63) is 342 Å². The van der Waals surface area contributed by atoms with Gasteiger partial charge in [0.2, 0.25) is 22.7 Å². The lowest BCUT2D eigenvalue weighted by Gasteiger charge is -2.27. The van der Waals surface area contributed by atoms with Gasteiger partial charge in [-0.1, -0.05) is 301 Å². The van der Waals surface area contributed by atoms with Gasteiger partial charge in [-0.15, -0.1) is 0 Å². The minimum atomic E-state index is 0.0148. The number of para-hydroxylation sites is 9. The largest absolute Gasteiger partial charge is 0.433 e. The van der Waals surface area contributed by atoms with Crippen molar-refractivity contribution in [3.8, 4) is 28.7 Å². The van der Waals surface area contributed by atoms with Crippen LogP contribution in [-0.4, -0.2) is 91.1 Å². The Morgan fingerprint density at radius 3 is 0.845 bits per heavy atom. The van der Waals surface area contributed by atoms with E-state index < -0.39 is 0 Å². The number of ether oxygens (including phenoxy) is 5. The van der Waals surface area contributed by atoms with E-state index in [1.165, 1.54) is 106 Å². The molecule has 0 saturated heterocycles. The van der Waals surface area contributed by atoms with Crippen LogP contribution in [0.25, 0.3) is 0 Å². The standard InChI is InChI=1S/C16H16NO.C15H20NO.3C15H14NO.2C9H12.3C4H10/c1-12-7-6-8-14-11-17(13(2)18-16(12)14)15-9-4-3-5-10-15;4*1-12-16(14-8-3-2-4-9-14)11-13-7-5-6-10-15(13)17-12;2*1-2-6-9-7-4-3-5-8-9;1-4(2)3;2*1-3-4-2/h3-11,13H,1-2H3;5-7,10-12,14H,2-4,8-9H2,1H3;3*2-12H,1H3;2*3-5,7-8H,2,6H2,1H3;4H,1-3H3;2*3-4H2,1-2H3/q5*+1;;;;;. The minimum absolute atomic E-state index is 0.0148. The van der Waals surface area contributed by atoms with Crippen LogP contribution in [0.1, 0.15) is 212 Å². The van der Waals surface area contributed by atoms with Crippen LogP contribution >= 0.6 is 0 Å². The Kier molecular flexibility index (Phi) is 39.1. The number of rotatable bonds is 11. The monoisotopic (exact) mass is 1560 g/mol. The average molecular weight is 1560 g/mol. The lowest BCUT2D eigenvalue weighted by atomic mass is 9.94. The van der Waals surface area contributed by atoms with Crippen LogP contribution in [0, 0.1) is 12.8 Å². The van der Waals surface area contributed by atoms with Crippen molar-refractivity contribution in [2.45, 2.75) is 225 Å². The molecular formula is C106H132N5O5+5. The Bertz CT molecular complexity index is 4470. The normalized spacial score (nSPS) is 16.6. The zero-order valence-corrected chi connectivity index (χ0v) is 72.2. The quantitative estimate of drug-likeness (QED) is 0.121. The number of aryl methyl sites for hydroxylation is 3. The van der Waals surface area contributed by atoms with Crippen molar-refractivity contribution in [1.29, 1.82) is 0 Å². The molecule has 1 fully saturated rings. The predicted molar refractivity (Wildman–Crippen MR) is 488 cm³/mol. The van der Waals surface area contributed by atoms with E-state index in [4.69, 9.17) is 23.7 Å². The summed E-state index contributed by atoms with van der Waals surface area (Å²) in [6.07, 6.45) is 28.0. The molecule has 5 atom stereocenters. The van der Waals surface area contributed by atoms with Crippen molar-refractivity contribution in [2.75, 3.05) is 0 Å². The summed E-state index contributed by atoms with van der Waals surface area (Å²) in [5.74, 6) is 5.70. The molecule has 1 saturated carbocycles. The molecular weight excluding hydrogens is 1420 g/mol. The fourth-order valence-electron chi connectivity index (χ4n) is 13.4. The summed E-state index contributed by atoms with van der Waals surface area (Å²) in [6.45, 7) is 32.1. The summed E-state index contributed by atoms with van der Waals surface area (Å²) in [6, 6.07) is 102. The van der Waals surface area contributed by atoms with Crippen molar-refractivity contribution in [1.82, 2.24) is 0 Å². The van der Waals surface area contributed by atoms with Crippen molar-refractivity contribution < 1.29 is 46.6 Å². The van der Waals surface area contributed by atoms with Crippen LogP contribution < -0.4 is 23.7 Å². The second-order valence-electron chi connectivity index (χ2n) is 30.3. The number of hydrogen-bond donors (Lipinski definition) is 0. The fraction of sp³-hybridized carbons (Fsp3) is 0.330. The van der Waals surface area contributed by atoms with Crippen LogP contribution in [0.2, 0.25) is 0 Å². The van der Waals surface area contributed by atoms with E-state index in [0.29, 0.717) is 6.04 Å². The van der Waals surface area contributed by atoms with Crippen LogP contribution in [0.4, 0.5) is 22.7 Å². The Morgan fingerprint density at radius 2 is 0.534 bits per heavy atom. The van der Waals surface area contributed by atoms with Gasteiger partial charge in [0.05, 0.1) is 27.8 Å². The van der Waals surface area contributed by atoms with Crippen LogP contribution in [0.3, 0.4) is 0 Å². The van der Waals surface area contributed by atoms with Crippen molar-refractivity contribution in [3.63, 3.8) is 0 Å². The Morgan fingerprint density at radius 1 is 0.276 bits per heavy atom. The number of fused-ring (bicyclic) bond motifs is 5. The van der Waals surface area contributed by atoms with E-state index in [0.717, 1.165) is 79.7 Å². The lowest BCUT2D eigenvalue weighted by molar-refractivity contribution is -0.631. The molecule has 17 rings (SSSR count). The molecule has 0 N–H and O–H groups in total. The molecule has 116 heavy (non-hydrogen) atoms. The summed E-state index contributed by atoms with van der Waals surface area (Å²) in [4.78, 5) is 0. The van der Waals surface area contributed by atoms with Gasteiger partial charge in [0.1, 0.15) is 28.7 Å². The first-order valence-corrected chi connectivity index (χ1v) is 42.8. The summed E-state index contributed by atoms with van der Waals surface area (Å²) in [7, 11) is 0. The molecule has 5 aliphatic heterocycles. The Labute approximate surface area is 697 Å². The van der Waals surface area contributed by atoms with E-state index in [1.807, 2.05) is 133 Å². The Hall–Kier alpha value is -11.2. The highest BCUT2D eigenvalue weighted by atomic mass is 16.5. The second kappa shape index (κ2) is 50.2. The summed E-state index contributed by atoms with van der Waals surface area (Å²) >= 11 is 0. The van der Waals surface area contributed by atoms with Gasteiger partial charge < -0.3 is 23.7 Å². The minimum Gasteiger partial charge on any atom is -0.433 e. The molecule has 0 spiro atoms. The van der Waals surface area contributed by atoms with Crippen LogP contribution in [0.15, 0.2) is 297 Å². The fourth-order valence-corrected chi connectivity index (χ4v) is 13.4. The van der Waals surface area contributed by atoms with Gasteiger partial charge in [-0.3, -0.25) is 0 Å². The summed E-state index contributed by atoms with van der Waals surface area (Å²) < 4.78 is 40.7. The Balaban J connectivity index is 0.000000167. The topological polar surface area (TPSA) is 61.2 Å². The van der Waals surface area contributed by atoms with Gasteiger partial charge in [0.25, 0.3) is 31.1 Å². The SMILES string of the molecule is CC(C)C.CC1Oc2ccccc2C=[N+]1C1CCCCC1.CC1Oc2ccccc2C=[N+]1c1ccccc1.CC1Oc2ccccc2C=[N+]1c1ccccc1.CC1Oc2ccccc2C=[N+]1c1ccccc1.CCCC.CCCC.CCCc1ccccc1.CCCc1ccccc1.Cc1cccc2c1OC(C)[N+](c1ccccc1)=C2. The highest BCUT2D eigenvalue weighted by Gasteiger charge is 2.34. The zero-order valence-electron chi connectivity index (χ0n) is 72.2. The first-order chi connectivity index (χ1) is 56.6. The average Bonchev–Trinajstić information content (AvgIpc) is 0.770. The first kappa shape index (κ1) is 90.3. The molecule has 1 aliphatic carbocycles. The maximum atomic E-state index is 6.02. The van der Waals surface area contributed by atoms with Crippen LogP contribution in [-0.2, 0) is 12.8 Å². The molecule has 0 amide bonds. The van der Waals surface area contributed by atoms with Gasteiger partial charge in [-0.25, -0.2) is 0 Å². The van der Waals surface area contributed by atoms with Gasteiger partial charge >= 0.3 is 0 Å². The molecule has 0 radical (unpaired) electrons. The molecule has 0 aromatic heterocycles. The first-order valence-electron chi connectivity index (χ1n) is 42.8. The van der Waals surface area contributed by atoms with E-state index in [9.17, 15) is 0 Å².